The van der Waals surface area contributed by atoms with E-state index in [1.54, 1.807) is 35.7 Å². The summed E-state index contributed by atoms with van der Waals surface area (Å²) in [4.78, 5) is 16.2. The first-order valence-corrected chi connectivity index (χ1v) is 8.09. The van der Waals surface area contributed by atoms with E-state index in [-0.39, 0.29) is 18.8 Å². The highest BCUT2D eigenvalue weighted by atomic mass is 32.1. The fourth-order valence-electron chi connectivity index (χ4n) is 2.11. The zero-order chi connectivity index (χ0) is 16.9. The smallest absolute Gasteiger partial charge is 0.312 e. The minimum Gasteiger partial charge on any atom is -0.460 e. The van der Waals surface area contributed by atoms with Crippen molar-refractivity contribution in [1.29, 1.82) is 0 Å². The number of esters is 1. The first-order valence-electron chi connectivity index (χ1n) is 7.21. The van der Waals surface area contributed by atoms with Crippen molar-refractivity contribution in [2.24, 2.45) is 0 Å². The van der Waals surface area contributed by atoms with Crippen LogP contribution in [0.15, 0.2) is 53.9 Å². The Hall–Kier alpha value is -2.60. The summed E-state index contributed by atoms with van der Waals surface area (Å²) in [7, 11) is 0. The average Bonchev–Trinajstić information content (AvgIpc) is 3.02. The van der Waals surface area contributed by atoms with Crippen LogP contribution < -0.4 is 0 Å². The molecule has 24 heavy (non-hydrogen) atoms. The van der Waals surface area contributed by atoms with Crippen LogP contribution in [-0.2, 0) is 22.6 Å². The van der Waals surface area contributed by atoms with Crippen LogP contribution in [0.5, 0.6) is 0 Å². The Morgan fingerprint density at radius 1 is 1.12 bits per heavy atom. The minimum atomic E-state index is -0.491. The summed E-state index contributed by atoms with van der Waals surface area (Å²) in [6, 6.07) is 12.2. The van der Waals surface area contributed by atoms with E-state index >= 15 is 0 Å². The largest absolute Gasteiger partial charge is 0.460 e. The molecule has 2 aromatic carbocycles. The Balaban J connectivity index is 1.60. The second-order valence-corrected chi connectivity index (χ2v) is 5.94. The molecule has 3 aromatic rings. The number of carbonyl (C=O) groups excluding carboxylic acids is 1. The average molecular weight is 345 g/mol. The van der Waals surface area contributed by atoms with Gasteiger partial charge in [-0.05, 0) is 18.2 Å². The predicted molar refractivity (Wildman–Crippen MR) is 87.4 cm³/mol. The van der Waals surface area contributed by atoms with Gasteiger partial charge < -0.3 is 4.74 Å². The van der Waals surface area contributed by atoms with E-state index in [1.807, 2.05) is 0 Å². The van der Waals surface area contributed by atoms with Crippen molar-refractivity contribution in [3.8, 4) is 10.6 Å². The van der Waals surface area contributed by atoms with Crippen molar-refractivity contribution in [2.75, 3.05) is 0 Å². The number of carbonyl (C=O) groups is 1. The quantitative estimate of drug-likeness (QED) is 0.645. The number of hydrogen-bond donors (Lipinski definition) is 0. The lowest BCUT2D eigenvalue weighted by atomic mass is 10.2. The van der Waals surface area contributed by atoms with Crippen molar-refractivity contribution >= 4 is 17.3 Å². The fraction of sp³-hybridized carbons (Fsp3) is 0.111. The van der Waals surface area contributed by atoms with Crippen molar-refractivity contribution in [3.05, 3.63) is 76.8 Å². The highest BCUT2D eigenvalue weighted by Gasteiger charge is 2.11. The maximum Gasteiger partial charge on any atom is 0.312 e. The first-order chi connectivity index (χ1) is 11.6. The molecule has 0 radical (unpaired) electrons. The van der Waals surface area contributed by atoms with E-state index < -0.39 is 11.8 Å². The van der Waals surface area contributed by atoms with E-state index in [9.17, 15) is 13.6 Å². The van der Waals surface area contributed by atoms with Gasteiger partial charge >= 0.3 is 5.97 Å². The zero-order valence-corrected chi connectivity index (χ0v) is 13.4. The summed E-state index contributed by atoms with van der Waals surface area (Å²) in [5.41, 5.74) is 1.52. The molecule has 0 aliphatic carbocycles. The molecule has 0 N–H and O–H groups in total. The normalized spacial score (nSPS) is 10.6. The SMILES string of the molecule is O=C(Cc1csc(-c2cccc(F)c2)n1)OCc1ccccc1F. The molecule has 0 unspecified atom stereocenters. The van der Waals surface area contributed by atoms with Crippen molar-refractivity contribution in [3.63, 3.8) is 0 Å². The van der Waals surface area contributed by atoms with Gasteiger partial charge in [-0.15, -0.1) is 11.3 Å². The standard InChI is InChI=1S/C18H13F2NO2S/c19-14-6-3-5-12(8-14)18-21-15(11-24-18)9-17(22)23-10-13-4-1-2-7-16(13)20/h1-8,11H,9-10H2. The maximum atomic E-state index is 13.5. The Morgan fingerprint density at radius 3 is 2.75 bits per heavy atom. The van der Waals surface area contributed by atoms with Gasteiger partial charge in [0.15, 0.2) is 0 Å². The highest BCUT2D eigenvalue weighted by Crippen LogP contribution is 2.24. The third-order valence-corrected chi connectivity index (χ3v) is 4.24. The molecular formula is C18H13F2NO2S. The molecule has 0 aliphatic heterocycles. The summed E-state index contributed by atoms with van der Waals surface area (Å²) in [6.07, 6.45) is -0.0136. The molecule has 0 amide bonds. The molecule has 0 bridgehead atoms. The molecule has 1 heterocycles. The molecule has 0 saturated carbocycles. The van der Waals surface area contributed by atoms with Gasteiger partial charge in [0.1, 0.15) is 23.2 Å². The van der Waals surface area contributed by atoms with Gasteiger partial charge in [0.25, 0.3) is 0 Å². The Kier molecular flexibility index (Phi) is 4.96. The molecule has 3 nitrogen and oxygen atoms in total. The molecule has 122 valence electrons. The highest BCUT2D eigenvalue weighted by molar-refractivity contribution is 7.13. The van der Waals surface area contributed by atoms with Crippen molar-refractivity contribution in [2.45, 2.75) is 13.0 Å². The lowest BCUT2D eigenvalue weighted by Crippen LogP contribution is -2.09. The Labute approximate surface area is 141 Å². The van der Waals surface area contributed by atoms with E-state index in [2.05, 4.69) is 4.98 Å². The van der Waals surface area contributed by atoms with Crippen LogP contribution in [0.2, 0.25) is 0 Å². The lowest BCUT2D eigenvalue weighted by molar-refractivity contribution is -0.144. The van der Waals surface area contributed by atoms with Crippen LogP contribution in [0.25, 0.3) is 10.6 Å². The molecule has 0 fully saturated rings. The number of thiazole rings is 1. The van der Waals surface area contributed by atoms with Crippen LogP contribution in [-0.4, -0.2) is 11.0 Å². The molecule has 0 saturated heterocycles. The van der Waals surface area contributed by atoms with Gasteiger partial charge in [0.2, 0.25) is 0 Å². The number of benzene rings is 2. The molecule has 0 aliphatic rings. The van der Waals surface area contributed by atoms with Gasteiger partial charge in [-0.25, -0.2) is 13.8 Å². The monoisotopic (exact) mass is 345 g/mol. The van der Waals surface area contributed by atoms with E-state index in [1.165, 1.54) is 29.5 Å². The Morgan fingerprint density at radius 2 is 1.96 bits per heavy atom. The van der Waals surface area contributed by atoms with Crippen LogP contribution in [0, 0.1) is 11.6 Å². The summed E-state index contributed by atoms with van der Waals surface area (Å²) in [5, 5.41) is 2.36. The summed E-state index contributed by atoms with van der Waals surface area (Å²) >= 11 is 1.32. The van der Waals surface area contributed by atoms with Crippen LogP contribution in [0.3, 0.4) is 0 Å². The zero-order valence-electron chi connectivity index (χ0n) is 12.5. The number of hydrogen-bond acceptors (Lipinski definition) is 4. The predicted octanol–water partition coefficient (Wildman–Crippen LogP) is 4.37. The third kappa shape index (κ3) is 4.02. The molecule has 1 aromatic heterocycles. The van der Waals surface area contributed by atoms with E-state index in [0.717, 1.165) is 0 Å². The second kappa shape index (κ2) is 7.31. The van der Waals surface area contributed by atoms with Gasteiger partial charge in [-0.2, -0.15) is 0 Å². The number of rotatable bonds is 5. The van der Waals surface area contributed by atoms with Crippen LogP contribution in [0.4, 0.5) is 8.78 Å². The van der Waals surface area contributed by atoms with E-state index in [4.69, 9.17) is 4.74 Å². The molecule has 6 heteroatoms. The van der Waals surface area contributed by atoms with Crippen LogP contribution in [0.1, 0.15) is 11.3 Å². The first kappa shape index (κ1) is 16.3. The topological polar surface area (TPSA) is 39.2 Å². The summed E-state index contributed by atoms with van der Waals surface area (Å²) < 4.78 is 31.8. The molecule has 3 rings (SSSR count). The number of halogens is 2. The second-order valence-electron chi connectivity index (χ2n) is 5.08. The number of aromatic nitrogens is 1. The third-order valence-electron chi connectivity index (χ3n) is 3.30. The van der Waals surface area contributed by atoms with Gasteiger partial charge in [-0.1, -0.05) is 30.3 Å². The molecule has 0 spiro atoms. The van der Waals surface area contributed by atoms with Crippen LogP contribution >= 0.6 is 11.3 Å². The van der Waals surface area contributed by atoms with Crippen molar-refractivity contribution in [1.82, 2.24) is 4.98 Å². The lowest BCUT2D eigenvalue weighted by Gasteiger charge is -2.04. The summed E-state index contributed by atoms with van der Waals surface area (Å²) in [5.74, 6) is -1.24. The van der Waals surface area contributed by atoms with Crippen molar-refractivity contribution < 1.29 is 18.3 Å². The number of nitrogens with zero attached hydrogens (tertiary/aromatic N) is 1. The maximum absolute atomic E-state index is 13.5. The molecule has 0 atom stereocenters. The molecular weight excluding hydrogens is 332 g/mol. The van der Waals surface area contributed by atoms with Gasteiger partial charge in [0, 0.05) is 16.5 Å². The Bertz CT molecular complexity index is 863. The fourth-order valence-corrected chi connectivity index (χ4v) is 2.93. The summed E-state index contributed by atoms with van der Waals surface area (Å²) in [6.45, 7) is -0.119. The van der Waals surface area contributed by atoms with Gasteiger partial charge in [-0.3, -0.25) is 4.79 Å². The van der Waals surface area contributed by atoms with E-state index in [0.29, 0.717) is 21.8 Å². The minimum absolute atomic E-state index is 0.0136. The number of ether oxygens (including phenoxy) is 1. The van der Waals surface area contributed by atoms with Gasteiger partial charge in [0.05, 0.1) is 12.1 Å².